The van der Waals surface area contributed by atoms with E-state index in [2.05, 4.69) is 40.3 Å². The molecule has 1 N–H and O–H groups in total. The van der Waals surface area contributed by atoms with Crippen LogP contribution in [-0.2, 0) is 22.6 Å². The fourth-order valence-corrected chi connectivity index (χ4v) is 4.56. The second-order valence-corrected chi connectivity index (χ2v) is 8.25. The zero-order chi connectivity index (χ0) is 23.8. The van der Waals surface area contributed by atoms with Crippen LogP contribution in [0.1, 0.15) is 18.4 Å². The number of pyridine rings is 1. The van der Waals surface area contributed by atoms with Crippen molar-refractivity contribution in [1.82, 2.24) is 5.32 Å². The highest BCUT2D eigenvalue weighted by molar-refractivity contribution is 5.91. The van der Waals surface area contributed by atoms with Crippen LogP contribution in [0, 0.1) is 0 Å². The Hall–Kier alpha value is -4.01. The zero-order valence-corrected chi connectivity index (χ0v) is 18.9. The Balaban J connectivity index is 0.000000227. The highest BCUT2D eigenvalue weighted by Crippen LogP contribution is 2.41. The SMILES string of the molecule is COc1ccc2cc3[n+](cc2c1OC)CCc1cc2c(cc1-3)OCO2.O=C1CC[C@@H](C(=O)[O-])N1. The van der Waals surface area contributed by atoms with Gasteiger partial charge in [0.1, 0.15) is 0 Å². The van der Waals surface area contributed by atoms with E-state index < -0.39 is 12.0 Å². The van der Waals surface area contributed by atoms with Gasteiger partial charge in [-0.2, -0.15) is 4.57 Å². The van der Waals surface area contributed by atoms with Gasteiger partial charge in [-0.1, -0.05) is 0 Å². The minimum absolute atomic E-state index is 0.204. The number of carboxylic acid groups (broad SMARTS) is 1. The number of aromatic nitrogens is 1. The van der Waals surface area contributed by atoms with Gasteiger partial charge in [0.05, 0.1) is 37.2 Å². The lowest BCUT2D eigenvalue weighted by atomic mass is 9.95. The van der Waals surface area contributed by atoms with Crippen LogP contribution in [0.25, 0.3) is 22.0 Å². The molecule has 0 saturated carbocycles. The van der Waals surface area contributed by atoms with Crippen molar-refractivity contribution in [2.24, 2.45) is 0 Å². The van der Waals surface area contributed by atoms with Crippen LogP contribution in [0.5, 0.6) is 23.0 Å². The number of nitrogens with one attached hydrogen (secondary N) is 1. The van der Waals surface area contributed by atoms with E-state index in [1.165, 1.54) is 16.8 Å². The summed E-state index contributed by atoms with van der Waals surface area (Å²) in [5.41, 5.74) is 3.68. The van der Waals surface area contributed by atoms with E-state index in [0.29, 0.717) is 19.6 Å². The Labute approximate surface area is 195 Å². The molecule has 2 aromatic carbocycles. The monoisotopic (exact) mass is 464 g/mol. The van der Waals surface area contributed by atoms with Crippen LogP contribution in [0.4, 0.5) is 0 Å². The van der Waals surface area contributed by atoms with Crippen molar-refractivity contribution < 1.29 is 38.2 Å². The lowest BCUT2D eigenvalue weighted by Crippen LogP contribution is -2.42. The van der Waals surface area contributed by atoms with Gasteiger partial charge in [-0.15, -0.1) is 0 Å². The number of benzene rings is 2. The summed E-state index contributed by atoms with van der Waals surface area (Å²) in [6.07, 6.45) is 3.78. The predicted octanol–water partition coefficient (Wildman–Crippen LogP) is 1.11. The zero-order valence-electron chi connectivity index (χ0n) is 18.9. The maximum atomic E-state index is 10.4. The van der Waals surface area contributed by atoms with Crippen LogP contribution < -0.4 is 33.9 Å². The van der Waals surface area contributed by atoms with Crippen LogP contribution in [0.3, 0.4) is 0 Å². The molecule has 1 amide bonds. The van der Waals surface area contributed by atoms with E-state index in [-0.39, 0.29) is 5.91 Å². The van der Waals surface area contributed by atoms with Crippen molar-refractivity contribution >= 4 is 22.6 Å². The molecule has 9 heteroatoms. The number of carbonyl (C=O) groups is 2. The number of carbonyl (C=O) groups excluding carboxylic acids is 2. The van der Waals surface area contributed by atoms with Crippen molar-refractivity contribution in [3.05, 3.63) is 42.1 Å². The second kappa shape index (κ2) is 8.74. The summed E-state index contributed by atoms with van der Waals surface area (Å²) >= 11 is 0. The van der Waals surface area contributed by atoms with E-state index in [0.717, 1.165) is 46.7 Å². The molecular weight excluding hydrogens is 440 g/mol. The molecule has 0 unspecified atom stereocenters. The van der Waals surface area contributed by atoms with Gasteiger partial charge in [0, 0.05) is 18.9 Å². The second-order valence-electron chi connectivity index (χ2n) is 8.25. The molecule has 1 aromatic heterocycles. The number of carboxylic acids is 1. The molecule has 1 saturated heterocycles. The molecule has 6 rings (SSSR count). The van der Waals surface area contributed by atoms with Crippen molar-refractivity contribution in [1.29, 1.82) is 0 Å². The summed E-state index contributed by atoms with van der Waals surface area (Å²) < 4.78 is 24.4. The first-order valence-corrected chi connectivity index (χ1v) is 11.0. The molecule has 3 aliphatic rings. The maximum absolute atomic E-state index is 10.4. The lowest BCUT2D eigenvalue weighted by Gasteiger charge is -2.17. The number of ether oxygens (including phenoxy) is 4. The number of fused-ring (bicyclic) bond motifs is 5. The van der Waals surface area contributed by atoms with Gasteiger partial charge in [-0.05, 0) is 41.6 Å². The van der Waals surface area contributed by atoms with Gasteiger partial charge >= 0.3 is 0 Å². The van der Waals surface area contributed by atoms with Gasteiger partial charge in [0.15, 0.2) is 35.7 Å². The normalized spacial score (nSPS) is 17.2. The molecule has 0 aliphatic carbocycles. The number of methoxy groups -OCH3 is 2. The maximum Gasteiger partial charge on any atom is 0.231 e. The number of nitrogens with zero attached hydrogens (tertiary/aromatic N) is 1. The fourth-order valence-electron chi connectivity index (χ4n) is 4.56. The van der Waals surface area contributed by atoms with Crippen molar-refractivity contribution in [3.8, 4) is 34.3 Å². The third kappa shape index (κ3) is 3.83. The molecule has 1 fully saturated rings. The van der Waals surface area contributed by atoms with Crippen molar-refractivity contribution in [3.63, 3.8) is 0 Å². The predicted molar refractivity (Wildman–Crippen MR) is 119 cm³/mol. The molecule has 0 radical (unpaired) electrons. The van der Waals surface area contributed by atoms with Crippen LogP contribution in [-0.4, -0.2) is 38.9 Å². The van der Waals surface area contributed by atoms with Crippen LogP contribution in [0.15, 0.2) is 36.5 Å². The summed E-state index contributed by atoms with van der Waals surface area (Å²) in [6, 6.07) is 9.67. The smallest absolute Gasteiger partial charge is 0.231 e. The summed E-state index contributed by atoms with van der Waals surface area (Å²) in [5.74, 6) is 1.78. The number of amides is 1. The Morgan fingerprint density at radius 1 is 1.12 bits per heavy atom. The topological polar surface area (TPSA) is 110 Å². The number of rotatable bonds is 3. The largest absolute Gasteiger partial charge is 0.548 e. The van der Waals surface area contributed by atoms with Gasteiger partial charge in [0.25, 0.3) is 0 Å². The van der Waals surface area contributed by atoms with Gasteiger partial charge < -0.3 is 34.2 Å². The Kier molecular flexibility index (Phi) is 5.61. The first-order chi connectivity index (χ1) is 16.5. The summed E-state index contributed by atoms with van der Waals surface area (Å²) in [6.45, 7) is 1.21. The lowest BCUT2D eigenvalue weighted by molar-refractivity contribution is -0.686. The van der Waals surface area contributed by atoms with Crippen LogP contribution >= 0.6 is 0 Å². The molecular formula is C25H24N2O7. The highest BCUT2D eigenvalue weighted by Gasteiger charge is 2.28. The quantitative estimate of drug-likeness (QED) is 0.578. The molecule has 3 aromatic rings. The Bertz CT molecular complexity index is 1300. The average Bonchev–Trinajstić information content (AvgIpc) is 3.49. The van der Waals surface area contributed by atoms with Crippen LogP contribution in [0.2, 0.25) is 0 Å². The molecule has 1 atom stereocenters. The third-order valence-electron chi connectivity index (χ3n) is 6.28. The summed E-state index contributed by atoms with van der Waals surface area (Å²) in [7, 11) is 3.34. The standard InChI is InChI=1S/C20H18NO4.C5H7NO3/c1-22-17-4-3-12-7-16-14-9-19-18(24-11-25-19)8-13(14)5-6-21(16)10-15(12)20(17)23-2;7-4-2-1-3(6-4)5(8)9/h3-4,7-10H,5-6,11H2,1-2H3;3H,1-2H2,(H,6,7)(H,8,9)/q+1;/p-1/t;3-/m.0/s1. The number of hydrogen-bond acceptors (Lipinski definition) is 7. The van der Waals surface area contributed by atoms with Crippen molar-refractivity contribution in [2.45, 2.75) is 31.8 Å². The van der Waals surface area contributed by atoms with Gasteiger partial charge in [0.2, 0.25) is 18.4 Å². The molecule has 34 heavy (non-hydrogen) atoms. The number of hydrogen-bond donors (Lipinski definition) is 1. The first-order valence-electron chi connectivity index (χ1n) is 11.0. The van der Waals surface area contributed by atoms with Gasteiger partial charge in [-0.3, -0.25) is 4.79 Å². The summed E-state index contributed by atoms with van der Waals surface area (Å²) in [4.78, 5) is 20.4. The van der Waals surface area contributed by atoms with E-state index in [1.807, 2.05) is 6.07 Å². The Morgan fingerprint density at radius 3 is 2.56 bits per heavy atom. The number of aliphatic carboxylic acids is 1. The first kappa shape index (κ1) is 21.8. The summed E-state index contributed by atoms with van der Waals surface area (Å²) in [5, 5.41) is 14.4. The molecule has 3 aliphatic heterocycles. The molecule has 176 valence electrons. The Morgan fingerprint density at radius 2 is 1.91 bits per heavy atom. The van der Waals surface area contributed by atoms with E-state index >= 15 is 0 Å². The molecule has 9 nitrogen and oxygen atoms in total. The van der Waals surface area contributed by atoms with Crippen molar-refractivity contribution in [2.75, 3.05) is 21.0 Å². The average molecular weight is 464 g/mol. The third-order valence-corrected chi connectivity index (χ3v) is 6.28. The fraction of sp³-hybridized carbons (Fsp3) is 0.320. The number of aryl methyl sites for hydroxylation is 2. The minimum atomic E-state index is -1.19. The molecule has 4 heterocycles. The van der Waals surface area contributed by atoms with E-state index in [9.17, 15) is 14.7 Å². The highest BCUT2D eigenvalue weighted by atomic mass is 16.7. The van der Waals surface area contributed by atoms with Gasteiger partial charge in [-0.25, -0.2) is 0 Å². The van der Waals surface area contributed by atoms with E-state index in [4.69, 9.17) is 18.9 Å². The minimum Gasteiger partial charge on any atom is -0.548 e. The molecule has 0 bridgehead atoms. The van der Waals surface area contributed by atoms with E-state index in [1.54, 1.807) is 14.2 Å². The molecule has 0 spiro atoms.